The summed E-state index contributed by atoms with van der Waals surface area (Å²) in [6.07, 6.45) is 0.197. The number of hydrogen-bond donors (Lipinski definition) is 1. The van der Waals surface area contributed by atoms with Crippen LogP contribution in [0.1, 0.15) is 30.2 Å². The van der Waals surface area contributed by atoms with Crippen LogP contribution >= 0.6 is 0 Å². The summed E-state index contributed by atoms with van der Waals surface area (Å²) in [4.78, 5) is 20.5. The van der Waals surface area contributed by atoms with E-state index in [-0.39, 0.29) is 18.1 Å². The summed E-state index contributed by atoms with van der Waals surface area (Å²) >= 11 is 0. The fourth-order valence-corrected chi connectivity index (χ4v) is 2.68. The fourth-order valence-electron chi connectivity index (χ4n) is 2.68. The van der Waals surface area contributed by atoms with Gasteiger partial charge in [0.15, 0.2) is 0 Å². The van der Waals surface area contributed by atoms with Gasteiger partial charge in [0, 0.05) is 5.56 Å². The summed E-state index contributed by atoms with van der Waals surface area (Å²) in [6, 6.07) is 8.87. The Morgan fingerprint density at radius 1 is 1.12 bits per heavy atom. The number of benzene rings is 1. The Hall–Kier alpha value is -2.67. The summed E-state index contributed by atoms with van der Waals surface area (Å²) < 4.78 is 15.2. The maximum absolute atomic E-state index is 12.0. The quantitative estimate of drug-likeness (QED) is 0.765. The molecule has 0 fully saturated rings. The first kappa shape index (κ1) is 18.7. The van der Waals surface area contributed by atoms with Crippen molar-refractivity contribution in [2.45, 2.75) is 25.4 Å². The maximum Gasteiger partial charge on any atom is 0.319 e. The summed E-state index contributed by atoms with van der Waals surface area (Å²) in [7, 11) is 4.17. The molecule has 1 aromatic heterocycles. The molecule has 1 aromatic carbocycles. The second-order valence-electron chi connectivity index (χ2n) is 5.38. The van der Waals surface area contributed by atoms with Crippen molar-refractivity contribution in [3.05, 3.63) is 47.2 Å². The molecule has 1 unspecified atom stereocenters. The molecule has 25 heavy (non-hydrogen) atoms. The summed E-state index contributed by atoms with van der Waals surface area (Å²) in [5.41, 5.74) is -0.338. The van der Waals surface area contributed by atoms with Crippen LogP contribution in [-0.2, 0) is 21.6 Å². The smallest absolute Gasteiger partial charge is 0.319 e. The molecule has 0 aliphatic rings. The molecule has 0 saturated heterocycles. The van der Waals surface area contributed by atoms with Gasteiger partial charge < -0.3 is 19.3 Å². The first-order valence-corrected chi connectivity index (χ1v) is 7.84. The zero-order valence-corrected chi connectivity index (χ0v) is 14.8. The Morgan fingerprint density at radius 3 is 2.32 bits per heavy atom. The number of carbonyl (C=O) groups is 1. The Labute approximate surface area is 146 Å². The number of esters is 1. The lowest BCUT2D eigenvalue weighted by Crippen LogP contribution is -2.34. The van der Waals surface area contributed by atoms with Crippen molar-refractivity contribution in [3.8, 4) is 11.9 Å². The largest absolute Gasteiger partial charge is 0.481 e. The average Bonchev–Trinajstić information content (AvgIpc) is 2.67. The Kier molecular flexibility index (Phi) is 5.93. The van der Waals surface area contributed by atoms with Gasteiger partial charge in [-0.25, -0.2) is 0 Å². The number of ether oxygens (including phenoxy) is 3. The predicted molar refractivity (Wildman–Crippen MR) is 90.6 cm³/mol. The maximum atomic E-state index is 12.0. The van der Waals surface area contributed by atoms with E-state index < -0.39 is 11.6 Å². The third-order valence-corrected chi connectivity index (χ3v) is 3.95. The van der Waals surface area contributed by atoms with Crippen LogP contribution in [0.3, 0.4) is 0 Å². The summed E-state index contributed by atoms with van der Waals surface area (Å²) in [6.45, 7) is 1.89. The lowest BCUT2D eigenvalue weighted by molar-refractivity contribution is -0.145. The summed E-state index contributed by atoms with van der Waals surface area (Å²) in [5.74, 6) is -0.270. The van der Waals surface area contributed by atoms with Crippen molar-refractivity contribution in [2.75, 3.05) is 21.3 Å². The molecular formula is C18H22N2O5. The normalized spacial score (nSPS) is 13.0. The number of nitrogens with zero attached hydrogens (tertiary/aromatic N) is 2. The molecule has 2 aromatic rings. The molecule has 0 saturated carbocycles. The van der Waals surface area contributed by atoms with Crippen molar-refractivity contribution in [3.63, 3.8) is 0 Å². The van der Waals surface area contributed by atoms with E-state index in [9.17, 15) is 9.90 Å². The first-order chi connectivity index (χ1) is 12.0. The molecule has 2 rings (SSSR count). The van der Waals surface area contributed by atoms with Gasteiger partial charge in [-0.15, -0.1) is 0 Å². The number of carbonyl (C=O) groups excluding carboxylic acids is 1. The van der Waals surface area contributed by atoms with E-state index in [1.54, 1.807) is 24.3 Å². The Bertz CT molecular complexity index is 736. The Balaban J connectivity index is 2.75. The average molecular weight is 346 g/mol. The minimum atomic E-state index is -1.71. The zero-order valence-electron chi connectivity index (χ0n) is 14.8. The van der Waals surface area contributed by atoms with E-state index in [1.807, 2.05) is 13.0 Å². The lowest BCUT2D eigenvalue weighted by Gasteiger charge is -2.29. The van der Waals surface area contributed by atoms with Crippen molar-refractivity contribution in [2.24, 2.45) is 0 Å². The number of aromatic nitrogens is 2. The van der Waals surface area contributed by atoms with Crippen LogP contribution in [0.25, 0.3) is 0 Å². The third kappa shape index (κ3) is 3.71. The number of rotatable bonds is 7. The SMILES string of the molecule is CCc1c(OC)nc(OC)nc1C(O)(CC(=O)OC)c1ccccc1. The van der Waals surface area contributed by atoms with Crippen molar-refractivity contribution in [1.29, 1.82) is 0 Å². The van der Waals surface area contributed by atoms with Crippen LogP contribution in [0, 0.1) is 0 Å². The number of hydrogen-bond acceptors (Lipinski definition) is 7. The molecule has 1 atom stereocenters. The minimum Gasteiger partial charge on any atom is -0.481 e. The highest BCUT2D eigenvalue weighted by atomic mass is 16.5. The standard InChI is InChI=1S/C18H22N2O5/c1-5-13-15(19-17(25-4)20-16(13)24-3)18(22,11-14(21)23-2)12-9-7-6-8-10-12/h6-10,22H,5,11H2,1-4H3. The molecule has 7 nitrogen and oxygen atoms in total. The Morgan fingerprint density at radius 2 is 1.80 bits per heavy atom. The molecule has 1 heterocycles. The van der Waals surface area contributed by atoms with Gasteiger partial charge in [0.2, 0.25) is 5.88 Å². The summed E-state index contributed by atoms with van der Waals surface area (Å²) in [5, 5.41) is 11.5. The fraction of sp³-hybridized carbons (Fsp3) is 0.389. The van der Waals surface area contributed by atoms with Crippen LogP contribution in [0.4, 0.5) is 0 Å². The highest BCUT2D eigenvalue weighted by molar-refractivity contribution is 5.72. The molecule has 0 radical (unpaired) electrons. The minimum absolute atomic E-state index is 0.0447. The van der Waals surface area contributed by atoms with E-state index in [2.05, 4.69) is 9.97 Å². The first-order valence-electron chi connectivity index (χ1n) is 7.84. The molecule has 7 heteroatoms. The molecule has 0 amide bonds. The number of aliphatic hydroxyl groups is 1. The van der Waals surface area contributed by atoms with Gasteiger partial charge in [-0.3, -0.25) is 4.79 Å². The zero-order chi connectivity index (χ0) is 18.4. The van der Waals surface area contributed by atoms with Gasteiger partial charge in [0.25, 0.3) is 0 Å². The highest BCUT2D eigenvalue weighted by Crippen LogP contribution is 2.37. The molecule has 0 aliphatic carbocycles. The van der Waals surface area contributed by atoms with Gasteiger partial charge in [-0.05, 0) is 12.0 Å². The molecule has 1 N–H and O–H groups in total. The highest BCUT2D eigenvalue weighted by Gasteiger charge is 2.39. The molecule has 0 aliphatic heterocycles. The predicted octanol–water partition coefficient (Wildman–Crippen LogP) is 1.86. The van der Waals surface area contributed by atoms with Gasteiger partial charge in [-0.2, -0.15) is 9.97 Å². The van der Waals surface area contributed by atoms with Crippen molar-refractivity contribution >= 4 is 5.97 Å². The lowest BCUT2D eigenvalue weighted by atomic mass is 9.84. The van der Waals surface area contributed by atoms with Crippen molar-refractivity contribution in [1.82, 2.24) is 9.97 Å². The molecule has 134 valence electrons. The topological polar surface area (TPSA) is 90.8 Å². The van der Waals surface area contributed by atoms with Crippen molar-refractivity contribution < 1.29 is 24.1 Å². The molecule has 0 spiro atoms. The second-order valence-corrected chi connectivity index (χ2v) is 5.38. The van der Waals surface area contributed by atoms with E-state index in [4.69, 9.17) is 14.2 Å². The van der Waals surface area contributed by atoms with E-state index in [0.29, 0.717) is 23.4 Å². The van der Waals surface area contributed by atoms with Crippen LogP contribution in [0.5, 0.6) is 11.9 Å². The van der Waals surface area contributed by atoms with Gasteiger partial charge in [0.1, 0.15) is 5.60 Å². The van der Waals surface area contributed by atoms with Crippen LogP contribution in [0.2, 0.25) is 0 Å². The third-order valence-electron chi connectivity index (χ3n) is 3.95. The van der Waals surface area contributed by atoms with Gasteiger partial charge in [0.05, 0.1) is 33.4 Å². The van der Waals surface area contributed by atoms with Crippen LogP contribution in [0.15, 0.2) is 30.3 Å². The van der Waals surface area contributed by atoms with Crippen LogP contribution < -0.4 is 9.47 Å². The van der Waals surface area contributed by atoms with Gasteiger partial charge in [-0.1, -0.05) is 37.3 Å². The molecular weight excluding hydrogens is 324 g/mol. The van der Waals surface area contributed by atoms with E-state index in [0.717, 1.165) is 0 Å². The second kappa shape index (κ2) is 7.94. The van der Waals surface area contributed by atoms with E-state index in [1.165, 1.54) is 21.3 Å². The van der Waals surface area contributed by atoms with Gasteiger partial charge >= 0.3 is 12.0 Å². The molecule has 0 bridgehead atoms. The van der Waals surface area contributed by atoms with E-state index >= 15 is 0 Å². The number of methoxy groups -OCH3 is 3. The van der Waals surface area contributed by atoms with Crippen LogP contribution in [-0.4, -0.2) is 42.4 Å². The monoisotopic (exact) mass is 346 g/mol.